The largest absolute Gasteiger partial charge is 0.481 e. The predicted octanol–water partition coefficient (Wildman–Crippen LogP) is 3.83. The molecule has 2 aliphatic carbocycles. The van der Waals surface area contributed by atoms with Gasteiger partial charge >= 0.3 is 0 Å². The van der Waals surface area contributed by atoms with E-state index in [2.05, 4.69) is 42.3 Å². The van der Waals surface area contributed by atoms with Crippen molar-refractivity contribution in [3.8, 4) is 5.88 Å². The highest BCUT2D eigenvalue weighted by Gasteiger charge is 2.38. The van der Waals surface area contributed by atoms with E-state index in [0.29, 0.717) is 23.1 Å². The number of ether oxygens (including phenoxy) is 1. The minimum atomic E-state index is -0.00195. The van der Waals surface area contributed by atoms with Crippen molar-refractivity contribution in [2.45, 2.75) is 37.8 Å². The lowest BCUT2D eigenvalue weighted by atomic mass is 9.85. The Bertz CT molecular complexity index is 1330. The van der Waals surface area contributed by atoms with Crippen molar-refractivity contribution in [2.24, 2.45) is 5.92 Å². The highest BCUT2D eigenvalue weighted by Crippen LogP contribution is 2.46. The van der Waals surface area contributed by atoms with Gasteiger partial charge in [-0.2, -0.15) is 0 Å². The highest BCUT2D eigenvalue weighted by atomic mass is 32.1. The molecule has 9 heteroatoms. The number of nitrogens with zero attached hydrogens (tertiary/aromatic N) is 4. The maximum Gasteiger partial charge on any atom is 0.227 e. The summed E-state index contributed by atoms with van der Waals surface area (Å²) in [5.74, 6) is 0.544. The van der Waals surface area contributed by atoms with E-state index >= 15 is 0 Å². The van der Waals surface area contributed by atoms with E-state index in [0.717, 1.165) is 41.4 Å². The van der Waals surface area contributed by atoms with Crippen molar-refractivity contribution < 1.29 is 9.53 Å². The van der Waals surface area contributed by atoms with Gasteiger partial charge in [0.25, 0.3) is 0 Å². The Morgan fingerprint density at radius 3 is 2.81 bits per heavy atom. The molecular formula is C23H22N6O2S. The first-order valence-corrected chi connectivity index (χ1v) is 11.6. The number of aromatic nitrogens is 4. The molecule has 0 aliphatic heterocycles. The van der Waals surface area contributed by atoms with E-state index in [4.69, 9.17) is 4.74 Å². The molecule has 2 aliphatic rings. The van der Waals surface area contributed by atoms with Gasteiger partial charge in [0.15, 0.2) is 0 Å². The number of carbonyl (C=O) groups excluding carboxylic acids is 1. The normalized spacial score (nSPS) is 22.0. The third kappa shape index (κ3) is 3.37. The number of pyridine rings is 2. The van der Waals surface area contributed by atoms with Crippen LogP contribution in [0.4, 0.5) is 5.69 Å². The van der Waals surface area contributed by atoms with Gasteiger partial charge in [-0.3, -0.25) is 9.78 Å². The molecular weight excluding hydrogens is 424 g/mol. The number of rotatable bonds is 5. The van der Waals surface area contributed by atoms with Gasteiger partial charge in [0.2, 0.25) is 11.8 Å². The van der Waals surface area contributed by atoms with Gasteiger partial charge in [-0.15, -0.1) is 5.10 Å². The zero-order valence-electron chi connectivity index (χ0n) is 17.5. The molecule has 162 valence electrons. The average Bonchev–Trinajstić information content (AvgIpc) is 3.30. The zero-order chi connectivity index (χ0) is 21.7. The monoisotopic (exact) mass is 446 g/mol. The number of methoxy groups -OCH3 is 1. The highest BCUT2D eigenvalue weighted by molar-refractivity contribution is 7.13. The Kier molecular flexibility index (Phi) is 4.73. The fraction of sp³-hybridized carbons (Fsp3) is 0.348. The molecule has 32 heavy (non-hydrogen) atoms. The lowest BCUT2D eigenvalue weighted by Gasteiger charge is -2.28. The summed E-state index contributed by atoms with van der Waals surface area (Å²) in [4.78, 5) is 21.8. The van der Waals surface area contributed by atoms with Crippen LogP contribution < -0.4 is 15.4 Å². The molecule has 1 saturated carbocycles. The molecule has 0 bridgehead atoms. The Morgan fingerprint density at radius 2 is 1.97 bits per heavy atom. The maximum atomic E-state index is 13.0. The molecule has 1 aromatic carbocycles. The van der Waals surface area contributed by atoms with Crippen LogP contribution in [0.1, 0.15) is 42.9 Å². The number of nitrogens with one attached hydrogen (secondary N) is 2. The molecule has 1 amide bonds. The maximum absolute atomic E-state index is 13.0. The van der Waals surface area contributed by atoms with Crippen molar-refractivity contribution in [3.05, 3.63) is 47.7 Å². The number of hydrogen-bond acceptors (Lipinski definition) is 8. The Hall–Kier alpha value is -3.17. The first-order valence-electron chi connectivity index (χ1n) is 10.8. The summed E-state index contributed by atoms with van der Waals surface area (Å²) in [6.45, 7) is 0. The number of anilines is 1. The van der Waals surface area contributed by atoms with Crippen molar-refractivity contribution in [3.63, 3.8) is 0 Å². The first-order chi connectivity index (χ1) is 15.7. The van der Waals surface area contributed by atoms with Crippen LogP contribution >= 0.6 is 11.5 Å². The van der Waals surface area contributed by atoms with Crippen molar-refractivity contribution in [2.75, 3.05) is 12.4 Å². The number of fused-ring (bicyclic) bond motifs is 4. The predicted molar refractivity (Wildman–Crippen MR) is 123 cm³/mol. The molecule has 1 fully saturated rings. The molecule has 2 N–H and O–H groups in total. The topological polar surface area (TPSA) is 102 Å². The van der Waals surface area contributed by atoms with Crippen LogP contribution in [0, 0.1) is 5.92 Å². The van der Waals surface area contributed by atoms with E-state index in [1.165, 1.54) is 22.7 Å². The molecule has 0 radical (unpaired) electrons. The van der Waals surface area contributed by atoms with Crippen LogP contribution in [0.15, 0.2) is 36.5 Å². The van der Waals surface area contributed by atoms with Gasteiger partial charge in [-0.1, -0.05) is 10.6 Å². The second kappa shape index (κ2) is 7.75. The quantitative estimate of drug-likeness (QED) is 0.480. The molecule has 8 nitrogen and oxygen atoms in total. The fourth-order valence-electron chi connectivity index (χ4n) is 4.75. The van der Waals surface area contributed by atoms with Crippen LogP contribution in [-0.2, 0) is 4.79 Å². The lowest BCUT2D eigenvalue weighted by Crippen LogP contribution is -2.35. The van der Waals surface area contributed by atoms with E-state index in [-0.39, 0.29) is 17.9 Å². The van der Waals surface area contributed by atoms with E-state index in [1.807, 2.05) is 6.07 Å². The van der Waals surface area contributed by atoms with E-state index in [9.17, 15) is 4.79 Å². The molecule has 0 spiro atoms. The summed E-state index contributed by atoms with van der Waals surface area (Å²) in [6, 6.07) is 10.4. The minimum Gasteiger partial charge on any atom is -0.481 e. The van der Waals surface area contributed by atoms with Crippen molar-refractivity contribution in [1.82, 2.24) is 24.9 Å². The molecule has 6 rings (SSSR count). The number of amides is 1. The Balaban J connectivity index is 1.08. The molecule has 1 atom stereocenters. The zero-order valence-corrected chi connectivity index (χ0v) is 18.4. The van der Waals surface area contributed by atoms with Crippen LogP contribution in [0.25, 0.3) is 21.3 Å². The summed E-state index contributed by atoms with van der Waals surface area (Å²) in [6.07, 6.45) is 5.36. The molecule has 3 aromatic heterocycles. The summed E-state index contributed by atoms with van der Waals surface area (Å²) in [5, 5.41) is 11.1. The first kappa shape index (κ1) is 19.5. The molecule has 4 aromatic rings. The summed E-state index contributed by atoms with van der Waals surface area (Å²) >= 11 is 1.44. The summed E-state index contributed by atoms with van der Waals surface area (Å²) in [5.41, 5.74) is 5.71. The average molecular weight is 447 g/mol. The smallest absolute Gasteiger partial charge is 0.227 e. The SMILES string of the molecule is COc1ccc2nccc(NC(=O)C3CCC(NC4c5ccc6snnc6c54)CC3)c2n1. The van der Waals surface area contributed by atoms with Crippen LogP contribution in [-0.4, -0.2) is 38.6 Å². The second-order valence-corrected chi connectivity index (χ2v) is 9.19. The summed E-state index contributed by atoms with van der Waals surface area (Å²) in [7, 11) is 1.58. The van der Waals surface area contributed by atoms with Gasteiger partial charge in [-0.25, -0.2) is 4.98 Å². The van der Waals surface area contributed by atoms with Gasteiger partial charge in [0.05, 0.1) is 29.1 Å². The van der Waals surface area contributed by atoms with Gasteiger partial charge in [0.1, 0.15) is 11.0 Å². The number of benzene rings is 1. The molecule has 0 saturated heterocycles. The van der Waals surface area contributed by atoms with Gasteiger partial charge in [0, 0.05) is 29.8 Å². The number of hydrogen-bond donors (Lipinski definition) is 2. The Morgan fingerprint density at radius 1 is 1.09 bits per heavy atom. The Labute approximate surface area is 188 Å². The third-order valence-electron chi connectivity index (χ3n) is 6.54. The minimum absolute atomic E-state index is 0.00195. The van der Waals surface area contributed by atoms with Crippen LogP contribution in [0.2, 0.25) is 0 Å². The lowest BCUT2D eigenvalue weighted by molar-refractivity contribution is -0.120. The molecule has 3 heterocycles. The van der Waals surface area contributed by atoms with E-state index < -0.39 is 0 Å². The standard InChI is InChI=1S/C23H22N6O2S/c1-31-18-9-7-15-21(27-18)16(10-11-24-15)26-23(30)12-2-4-13(5-3-12)25-20-14-6-8-17-22(19(14)20)28-29-32-17/h6-13,20,25H,2-5H2,1H3,(H,24,26,30). The van der Waals surface area contributed by atoms with E-state index in [1.54, 1.807) is 25.4 Å². The number of carbonyl (C=O) groups is 1. The van der Waals surface area contributed by atoms with Crippen molar-refractivity contribution >= 4 is 44.4 Å². The summed E-state index contributed by atoms with van der Waals surface area (Å²) < 4.78 is 10.4. The fourth-order valence-corrected chi connectivity index (χ4v) is 5.32. The second-order valence-electron chi connectivity index (χ2n) is 8.41. The van der Waals surface area contributed by atoms with Crippen LogP contribution in [0.3, 0.4) is 0 Å². The van der Waals surface area contributed by atoms with Gasteiger partial charge < -0.3 is 15.4 Å². The molecule has 1 unspecified atom stereocenters. The van der Waals surface area contributed by atoms with Gasteiger partial charge in [-0.05, 0) is 61.0 Å². The van der Waals surface area contributed by atoms with Crippen molar-refractivity contribution in [1.29, 1.82) is 0 Å². The third-order valence-corrected chi connectivity index (χ3v) is 7.23. The van der Waals surface area contributed by atoms with Crippen LogP contribution in [0.5, 0.6) is 5.88 Å².